The number of benzene rings is 1. The van der Waals surface area contributed by atoms with Crippen LogP contribution < -0.4 is 16.4 Å². The second-order valence-electron chi connectivity index (χ2n) is 5.64. The van der Waals surface area contributed by atoms with Crippen LogP contribution in [0.4, 0.5) is 5.82 Å². The molecule has 3 rings (SSSR count). The molecule has 5 N–H and O–H groups in total. The predicted molar refractivity (Wildman–Crippen MR) is 88.7 cm³/mol. The monoisotopic (exact) mass is 331 g/mol. The van der Waals surface area contributed by atoms with Crippen LogP contribution >= 0.6 is 0 Å². The summed E-state index contributed by atoms with van der Waals surface area (Å²) in [7, 11) is 0. The third-order valence-corrected chi connectivity index (χ3v) is 3.94. The fraction of sp³-hybridized carbons (Fsp3) is 0.400. The van der Waals surface area contributed by atoms with Crippen molar-refractivity contribution in [1.82, 2.24) is 20.5 Å². The van der Waals surface area contributed by atoms with Crippen molar-refractivity contribution in [2.75, 3.05) is 31.5 Å². The minimum absolute atomic E-state index is 0.148. The largest absolute Gasteiger partial charge is 0.409 e. The lowest BCUT2D eigenvalue weighted by Gasteiger charge is -2.27. The van der Waals surface area contributed by atoms with Gasteiger partial charge in [0.1, 0.15) is 0 Å². The number of anilines is 1. The van der Waals surface area contributed by atoms with Gasteiger partial charge in [0.2, 0.25) is 5.82 Å². The van der Waals surface area contributed by atoms with Crippen molar-refractivity contribution in [2.45, 2.75) is 13.1 Å². The Morgan fingerprint density at radius 2 is 1.96 bits per heavy atom. The zero-order valence-corrected chi connectivity index (χ0v) is 13.3. The smallest absolute Gasteiger partial charge is 0.202 e. The van der Waals surface area contributed by atoms with Gasteiger partial charge in [0.15, 0.2) is 11.5 Å². The van der Waals surface area contributed by atoms with Gasteiger partial charge in [-0.15, -0.1) is 0 Å². The second-order valence-corrected chi connectivity index (χ2v) is 5.64. The van der Waals surface area contributed by atoms with Crippen LogP contribution in [-0.4, -0.2) is 52.4 Å². The highest BCUT2D eigenvalue weighted by atomic mass is 16.6. The van der Waals surface area contributed by atoms with Gasteiger partial charge < -0.3 is 21.6 Å². The van der Waals surface area contributed by atoms with E-state index in [9.17, 15) is 0 Å². The van der Waals surface area contributed by atoms with Gasteiger partial charge in [0.25, 0.3) is 0 Å². The Bertz CT molecular complexity index is 677. The van der Waals surface area contributed by atoms with Gasteiger partial charge >= 0.3 is 0 Å². The number of aromatic nitrogens is 2. The van der Waals surface area contributed by atoms with Crippen molar-refractivity contribution in [1.29, 1.82) is 0 Å². The summed E-state index contributed by atoms with van der Waals surface area (Å²) < 4.78 is 4.62. The van der Waals surface area contributed by atoms with E-state index >= 15 is 0 Å². The highest BCUT2D eigenvalue weighted by Gasteiger charge is 2.14. The van der Waals surface area contributed by atoms with Gasteiger partial charge in [-0.3, -0.25) is 4.90 Å². The first kappa shape index (κ1) is 16.2. The lowest BCUT2D eigenvalue weighted by atomic mass is 10.1. The topological polar surface area (TPSA) is 125 Å². The number of oxime groups is 1. The summed E-state index contributed by atoms with van der Waals surface area (Å²) in [5.74, 6) is 0.195. The molecule has 0 atom stereocenters. The molecular weight excluding hydrogens is 310 g/mol. The van der Waals surface area contributed by atoms with E-state index in [-0.39, 0.29) is 11.5 Å². The van der Waals surface area contributed by atoms with Gasteiger partial charge in [-0.25, -0.2) is 4.63 Å². The summed E-state index contributed by atoms with van der Waals surface area (Å²) >= 11 is 0. The van der Waals surface area contributed by atoms with E-state index in [0.29, 0.717) is 12.4 Å². The van der Waals surface area contributed by atoms with Crippen LogP contribution in [0.1, 0.15) is 16.8 Å². The number of nitrogens with zero attached hydrogens (tertiary/aromatic N) is 4. The molecule has 0 saturated carbocycles. The molecule has 1 fully saturated rings. The lowest BCUT2D eigenvalue weighted by molar-refractivity contribution is 0.233. The van der Waals surface area contributed by atoms with Crippen LogP contribution in [0.2, 0.25) is 0 Å². The normalized spacial score (nSPS) is 16.2. The molecular formula is C15H21N7O2. The Hall–Kier alpha value is -2.65. The maximum absolute atomic E-state index is 8.70. The molecule has 1 aliphatic rings. The number of amidine groups is 1. The molecule has 0 unspecified atom stereocenters. The van der Waals surface area contributed by atoms with E-state index in [4.69, 9.17) is 10.9 Å². The summed E-state index contributed by atoms with van der Waals surface area (Å²) in [6, 6.07) is 8.40. The van der Waals surface area contributed by atoms with E-state index in [1.807, 2.05) is 0 Å². The summed E-state index contributed by atoms with van der Waals surface area (Å²) in [5, 5.41) is 25.3. The fourth-order valence-electron chi connectivity index (χ4n) is 2.60. The van der Waals surface area contributed by atoms with E-state index in [2.05, 4.69) is 59.9 Å². The molecule has 2 aromatic rings. The minimum Gasteiger partial charge on any atom is -0.409 e. The predicted octanol–water partition coefficient (Wildman–Crippen LogP) is 0.181. The summed E-state index contributed by atoms with van der Waals surface area (Å²) in [5.41, 5.74) is 8.08. The maximum atomic E-state index is 8.70. The van der Waals surface area contributed by atoms with Crippen LogP contribution in [0.3, 0.4) is 0 Å². The molecule has 1 aliphatic heterocycles. The highest BCUT2D eigenvalue weighted by molar-refractivity contribution is 5.99. The summed E-state index contributed by atoms with van der Waals surface area (Å²) in [6.45, 7) is 5.77. The third kappa shape index (κ3) is 4.00. The van der Waals surface area contributed by atoms with Crippen molar-refractivity contribution < 1.29 is 9.84 Å². The standard InChI is InChI=1S/C15H21N7O2/c16-14(19-23)13-15(21-24-20-13)18-9-11-1-3-12(4-2-11)10-22-7-5-17-6-8-22/h1-4,17,23H,5-10H2,(H2,16,19)(H,18,21). The number of nitrogens with one attached hydrogen (secondary N) is 2. The van der Waals surface area contributed by atoms with Gasteiger partial charge in [0.05, 0.1) is 0 Å². The quantitative estimate of drug-likeness (QED) is 0.256. The Labute approximate surface area is 139 Å². The van der Waals surface area contributed by atoms with Gasteiger partial charge in [-0.05, 0) is 21.4 Å². The third-order valence-electron chi connectivity index (χ3n) is 3.94. The fourth-order valence-corrected chi connectivity index (χ4v) is 2.60. The average Bonchev–Trinajstić information content (AvgIpc) is 3.10. The number of piperazine rings is 1. The van der Waals surface area contributed by atoms with Crippen LogP contribution in [0.5, 0.6) is 0 Å². The molecule has 128 valence electrons. The molecule has 1 saturated heterocycles. The number of hydrogen-bond donors (Lipinski definition) is 4. The molecule has 9 heteroatoms. The molecule has 0 amide bonds. The van der Waals surface area contributed by atoms with Crippen LogP contribution in [0.15, 0.2) is 34.1 Å². The molecule has 0 radical (unpaired) electrons. The lowest BCUT2D eigenvalue weighted by Crippen LogP contribution is -2.42. The SMILES string of the molecule is NC(=NO)c1nonc1NCc1ccc(CN2CCNCC2)cc1. The number of nitrogens with two attached hydrogens (primary N) is 1. The van der Waals surface area contributed by atoms with E-state index in [1.54, 1.807) is 0 Å². The molecule has 2 heterocycles. The Morgan fingerprint density at radius 3 is 2.67 bits per heavy atom. The van der Waals surface area contributed by atoms with E-state index in [0.717, 1.165) is 38.3 Å². The second kappa shape index (κ2) is 7.75. The van der Waals surface area contributed by atoms with Gasteiger partial charge in [-0.1, -0.05) is 29.4 Å². The minimum atomic E-state index is -0.148. The Balaban J connectivity index is 1.55. The van der Waals surface area contributed by atoms with Crippen molar-refractivity contribution in [3.8, 4) is 0 Å². The van der Waals surface area contributed by atoms with Crippen LogP contribution in [0, 0.1) is 0 Å². The zero-order chi connectivity index (χ0) is 16.8. The Kier molecular flexibility index (Phi) is 5.24. The van der Waals surface area contributed by atoms with Crippen molar-refractivity contribution >= 4 is 11.7 Å². The number of rotatable bonds is 6. The molecule has 0 spiro atoms. The molecule has 1 aromatic heterocycles. The van der Waals surface area contributed by atoms with E-state index < -0.39 is 0 Å². The van der Waals surface area contributed by atoms with Crippen molar-refractivity contribution in [3.05, 3.63) is 41.1 Å². The van der Waals surface area contributed by atoms with Crippen molar-refractivity contribution in [3.63, 3.8) is 0 Å². The zero-order valence-electron chi connectivity index (χ0n) is 13.3. The maximum Gasteiger partial charge on any atom is 0.202 e. The number of hydrogen-bond acceptors (Lipinski definition) is 8. The average molecular weight is 331 g/mol. The van der Waals surface area contributed by atoms with Crippen molar-refractivity contribution in [2.24, 2.45) is 10.9 Å². The molecule has 1 aromatic carbocycles. The summed E-state index contributed by atoms with van der Waals surface area (Å²) in [6.07, 6.45) is 0. The van der Waals surface area contributed by atoms with Crippen LogP contribution in [-0.2, 0) is 13.1 Å². The molecule has 24 heavy (non-hydrogen) atoms. The molecule has 0 aliphatic carbocycles. The highest BCUT2D eigenvalue weighted by Crippen LogP contribution is 2.13. The van der Waals surface area contributed by atoms with Gasteiger partial charge in [0, 0.05) is 39.3 Å². The first-order valence-electron chi connectivity index (χ1n) is 7.81. The first-order valence-corrected chi connectivity index (χ1v) is 7.81. The van der Waals surface area contributed by atoms with E-state index in [1.165, 1.54) is 5.56 Å². The molecule has 0 bridgehead atoms. The first-order chi connectivity index (χ1) is 11.8. The summed E-state index contributed by atoms with van der Waals surface area (Å²) in [4.78, 5) is 2.44. The molecule has 9 nitrogen and oxygen atoms in total. The van der Waals surface area contributed by atoms with Crippen LogP contribution in [0.25, 0.3) is 0 Å². The Morgan fingerprint density at radius 1 is 1.25 bits per heavy atom. The van der Waals surface area contributed by atoms with Gasteiger partial charge in [-0.2, -0.15) is 0 Å².